The summed E-state index contributed by atoms with van der Waals surface area (Å²) in [6, 6.07) is 17.9. The molecule has 1 aromatic heterocycles. The van der Waals surface area contributed by atoms with E-state index >= 15 is 0 Å². The van der Waals surface area contributed by atoms with Gasteiger partial charge in [-0.25, -0.2) is 0 Å². The predicted octanol–water partition coefficient (Wildman–Crippen LogP) is 4.10. The number of benzene rings is 2. The van der Waals surface area contributed by atoms with Gasteiger partial charge in [0.2, 0.25) is 17.6 Å². The number of piperidine rings is 1. The monoisotopic (exact) mass is 448 g/mol. The number of aryl methyl sites for hydroxylation is 1. The van der Waals surface area contributed by atoms with E-state index in [0.717, 1.165) is 50.1 Å². The number of carbonyl (C=O) groups is 1. The second kappa shape index (κ2) is 11.6. The summed E-state index contributed by atoms with van der Waals surface area (Å²) in [5, 5.41) is 7.21. The highest BCUT2D eigenvalue weighted by Crippen LogP contribution is 2.21. The predicted molar refractivity (Wildman–Crippen MR) is 127 cm³/mol. The first-order valence-electron chi connectivity index (χ1n) is 11.8. The topological polar surface area (TPSA) is 80.5 Å². The molecule has 1 amide bonds. The quantitative estimate of drug-likeness (QED) is 0.471. The molecule has 1 aliphatic heterocycles. The molecule has 3 aromatic rings. The molecule has 0 saturated carbocycles. The summed E-state index contributed by atoms with van der Waals surface area (Å²) < 4.78 is 11.1. The Labute approximate surface area is 195 Å². The molecule has 1 N–H and O–H groups in total. The van der Waals surface area contributed by atoms with Crippen molar-refractivity contribution in [1.29, 1.82) is 0 Å². The average Bonchev–Trinajstić information content (AvgIpc) is 3.32. The van der Waals surface area contributed by atoms with Crippen LogP contribution in [0, 0.1) is 5.92 Å². The van der Waals surface area contributed by atoms with Gasteiger partial charge in [-0.3, -0.25) is 9.69 Å². The first-order chi connectivity index (χ1) is 16.2. The minimum Gasteiger partial charge on any atom is -0.494 e. The smallest absolute Gasteiger partial charge is 0.241 e. The summed E-state index contributed by atoms with van der Waals surface area (Å²) in [4.78, 5) is 19.4. The number of ether oxygens (including phenoxy) is 1. The van der Waals surface area contributed by atoms with Crippen molar-refractivity contribution in [1.82, 2.24) is 20.4 Å². The van der Waals surface area contributed by atoms with Gasteiger partial charge in [-0.1, -0.05) is 53.7 Å². The Balaban J connectivity index is 1.16. The van der Waals surface area contributed by atoms with E-state index in [1.54, 1.807) is 0 Å². The lowest BCUT2D eigenvalue weighted by Gasteiger charge is -2.30. The zero-order valence-corrected chi connectivity index (χ0v) is 19.2. The van der Waals surface area contributed by atoms with Crippen LogP contribution in [0.4, 0.5) is 0 Å². The second-order valence-corrected chi connectivity index (χ2v) is 8.36. The van der Waals surface area contributed by atoms with Crippen LogP contribution in [-0.2, 0) is 17.8 Å². The highest BCUT2D eigenvalue weighted by Gasteiger charge is 2.25. The fourth-order valence-corrected chi connectivity index (χ4v) is 4.21. The molecule has 174 valence electrons. The van der Waals surface area contributed by atoms with Crippen molar-refractivity contribution in [2.24, 2.45) is 5.92 Å². The lowest BCUT2D eigenvalue weighted by molar-refractivity contribution is -0.126. The fourth-order valence-electron chi connectivity index (χ4n) is 4.21. The Bertz CT molecular complexity index is 1010. The van der Waals surface area contributed by atoms with Crippen LogP contribution in [0.2, 0.25) is 0 Å². The third kappa shape index (κ3) is 6.42. The normalized spacial score (nSPS) is 14.8. The van der Waals surface area contributed by atoms with E-state index in [1.165, 1.54) is 5.56 Å². The molecule has 0 aliphatic carbocycles. The molecule has 1 aliphatic rings. The average molecular weight is 449 g/mol. The zero-order valence-electron chi connectivity index (χ0n) is 19.2. The van der Waals surface area contributed by atoms with Gasteiger partial charge in [-0.2, -0.15) is 4.98 Å². The molecule has 7 nitrogen and oxygen atoms in total. The van der Waals surface area contributed by atoms with E-state index in [9.17, 15) is 4.79 Å². The van der Waals surface area contributed by atoms with E-state index in [2.05, 4.69) is 26.4 Å². The highest BCUT2D eigenvalue weighted by atomic mass is 16.5. The molecule has 2 heterocycles. The first kappa shape index (κ1) is 23.0. The Kier molecular flexibility index (Phi) is 8.09. The van der Waals surface area contributed by atoms with Crippen LogP contribution in [-0.4, -0.2) is 47.2 Å². The van der Waals surface area contributed by atoms with Crippen LogP contribution < -0.4 is 10.1 Å². The van der Waals surface area contributed by atoms with Gasteiger partial charge in [0.15, 0.2) is 0 Å². The molecule has 2 aromatic carbocycles. The van der Waals surface area contributed by atoms with Crippen LogP contribution in [0.5, 0.6) is 5.75 Å². The van der Waals surface area contributed by atoms with Gasteiger partial charge in [0.1, 0.15) is 5.75 Å². The summed E-state index contributed by atoms with van der Waals surface area (Å²) in [5.74, 6) is 2.40. The number of carbonyl (C=O) groups excluding carboxylic acids is 1. The van der Waals surface area contributed by atoms with Gasteiger partial charge >= 0.3 is 0 Å². The number of amides is 1. The van der Waals surface area contributed by atoms with Crippen molar-refractivity contribution in [3.63, 3.8) is 0 Å². The minimum atomic E-state index is 0.0690. The summed E-state index contributed by atoms with van der Waals surface area (Å²) in [6.45, 7) is 5.66. The van der Waals surface area contributed by atoms with Gasteiger partial charge in [-0.05, 0) is 57.3 Å². The van der Waals surface area contributed by atoms with Crippen molar-refractivity contribution < 1.29 is 14.1 Å². The third-order valence-corrected chi connectivity index (χ3v) is 6.01. The van der Waals surface area contributed by atoms with E-state index in [4.69, 9.17) is 9.26 Å². The Morgan fingerprint density at radius 1 is 1.12 bits per heavy atom. The number of likely N-dealkylation sites (tertiary alicyclic amines) is 1. The SMILES string of the molecule is CCOc1ccccc1CCCNC(=O)C1CCN(Cc2nc(-c3ccccc3)no2)CC1. The van der Waals surface area contributed by atoms with E-state index in [-0.39, 0.29) is 11.8 Å². The van der Waals surface area contributed by atoms with E-state index in [1.807, 2.05) is 55.5 Å². The Morgan fingerprint density at radius 2 is 1.88 bits per heavy atom. The van der Waals surface area contributed by atoms with Crippen molar-refractivity contribution >= 4 is 5.91 Å². The minimum absolute atomic E-state index is 0.0690. The van der Waals surface area contributed by atoms with Crippen molar-refractivity contribution in [3.8, 4) is 17.1 Å². The Hall–Kier alpha value is -3.19. The van der Waals surface area contributed by atoms with Gasteiger partial charge in [0, 0.05) is 18.0 Å². The van der Waals surface area contributed by atoms with Crippen LogP contribution in [0.15, 0.2) is 59.1 Å². The van der Waals surface area contributed by atoms with E-state index < -0.39 is 0 Å². The molecule has 1 saturated heterocycles. The van der Waals surface area contributed by atoms with Crippen LogP contribution >= 0.6 is 0 Å². The molecule has 0 atom stereocenters. The van der Waals surface area contributed by atoms with Crippen molar-refractivity contribution in [3.05, 3.63) is 66.1 Å². The lowest BCUT2D eigenvalue weighted by atomic mass is 9.96. The molecular weight excluding hydrogens is 416 g/mol. The summed E-state index contributed by atoms with van der Waals surface area (Å²) in [6.07, 6.45) is 3.48. The van der Waals surface area contributed by atoms with Crippen LogP contribution in [0.25, 0.3) is 11.4 Å². The number of nitrogens with one attached hydrogen (secondary N) is 1. The number of rotatable bonds is 10. The molecule has 1 fully saturated rings. The Morgan fingerprint density at radius 3 is 2.67 bits per heavy atom. The van der Waals surface area contributed by atoms with Gasteiger partial charge in [-0.15, -0.1) is 0 Å². The van der Waals surface area contributed by atoms with Crippen LogP contribution in [0.1, 0.15) is 37.6 Å². The molecule has 0 bridgehead atoms. The number of para-hydroxylation sites is 1. The highest BCUT2D eigenvalue weighted by molar-refractivity contribution is 5.78. The molecule has 33 heavy (non-hydrogen) atoms. The molecule has 4 rings (SSSR count). The molecule has 0 radical (unpaired) electrons. The number of hydrogen-bond donors (Lipinski definition) is 1. The fraction of sp³-hybridized carbons (Fsp3) is 0.423. The number of nitrogens with zero attached hydrogens (tertiary/aromatic N) is 3. The number of hydrogen-bond acceptors (Lipinski definition) is 6. The molecular formula is C26H32N4O3. The van der Waals surface area contributed by atoms with Crippen molar-refractivity contribution in [2.45, 2.75) is 39.2 Å². The molecule has 7 heteroatoms. The summed E-state index contributed by atoms with van der Waals surface area (Å²) in [5.41, 5.74) is 2.14. The first-order valence-corrected chi connectivity index (χ1v) is 11.8. The molecule has 0 spiro atoms. The molecule has 0 unspecified atom stereocenters. The number of aromatic nitrogens is 2. The standard InChI is InChI=1S/C26H32N4O3/c1-2-32-23-13-7-6-9-20(23)12-8-16-27-26(31)22-14-17-30(18-15-22)19-24-28-25(29-33-24)21-10-4-3-5-11-21/h3-7,9-11,13,22H,2,8,12,14-19H2,1H3,(H,27,31). The largest absolute Gasteiger partial charge is 0.494 e. The van der Waals surface area contributed by atoms with Gasteiger partial charge < -0.3 is 14.6 Å². The maximum absolute atomic E-state index is 12.6. The lowest BCUT2D eigenvalue weighted by Crippen LogP contribution is -2.40. The maximum Gasteiger partial charge on any atom is 0.241 e. The van der Waals surface area contributed by atoms with Gasteiger partial charge in [0.25, 0.3) is 0 Å². The van der Waals surface area contributed by atoms with Gasteiger partial charge in [0.05, 0.1) is 13.2 Å². The van der Waals surface area contributed by atoms with Crippen LogP contribution in [0.3, 0.4) is 0 Å². The summed E-state index contributed by atoms with van der Waals surface area (Å²) in [7, 11) is 0. The zero-order chi connectivity index (χ0) is 22.9. The third-order valence-electron chi connectivity index (χ3n) is 6.01. The van der Waals surface area contributed by atoms with Crippen molar-refractivity contribution in [2.75, 3.05) is 26.2 Å². The van der Waals surface area contributed by atoms with E-state index in [0.29, 0.717) is 31.4 Å². The summed E-state index contributed by atoms with van der Waals surface area (Å²) >= 11 is 0. The second-order valence-electron chi connectivity index (χ2n) is 8.36. The maximum atomic E-state index is 12.6.